The Morgan fingerprint density at radius 3 is 2.23 bits per heavy atom. The highest BCUT2D eigenvalue weighted by Gasteiger charge is 2.19. The van der Waals surface area contributed by atoms with Crippen molar-refractivity contribution in [3.8, 4) is 11.5 Å². The molecule has 0 aromatic heterocycles. The van der Waals surface area contributed by atoms with Crippen LogP contribution in [-0.4, -0.2) is 24.9 Å². The third-order valence-corrected chi connectivity index (χ3v) is 3.30. The summed E-state index contributed by atoms with van der Waals surface area (Å²) in [7, 11) is 3.01. The van der Waals surface area contributed by atoms with Crippen LogP contribution in [0.1, 0.15) is 21.5 Å². The maximum Gasteiger partial charge on any atom is 0.269 e. The molecule has 2 aromatic carbocycles. The van der Waals surface area contributed by atoms with Crippen molar-refractivity contribution in [2.24, 2.45) is 0 Å². The molecule has 6 heteroatoms. The molecule has 0 aliphatic rings. The number of nitro benzene ring substituents is 1. The molecule has 2 aromatic rings. The largest absolute Gasteiger partial charge is 0.497 e. The molecule has 2 rings (SSSR count). The molecule has 0 aliphatic heterocycles. The van der Waals surface area contributed by atoms with E-state index in [2.05, 4.69) is 0 Å². The summed E-state index contributed by atoms with van der Waals surface area (Å²) in [5, 5.41) is 10.7. The number of non-ortho nitro benzene ring substituents is 1. The number of nitro groups is 1. The first kappa shape index (κ1) is 15.5. The Morgan fingerprint density at radius 1 is 1.09 bits per heavy atom. The van der Waals surface area contributed by atoms with Crippen LogP contribution in [0, 0.1) is 17.0 Å². The van der Waals surface area contributed by atoms with Crippen molar-refractivity contribution in [2.45, 2.75) is 6.92 Å². The van der Waals surface area contributed by atoms with Gasteiger partial charge in [-0.1, -0.05) is 0 Å². The number of aryl methyl sites for hydroxylation is 1. The summed E-state index contributed by atoms with van der Waals surface area (Å²) >= 11 is 0. The Hall–Kier alpha value is -2.89. The summed E-state index contributed by atoms with van der Waals surface area (Å²) in [5.41, 5.74) is 1.42. The van der Waals surface area contributed by atoms with Gasteiger partial charge in [0.15, 0.2) is 5.78 Å². The molecule has 0 aliphatic carbocycles. The Kier molecular flexibility index (Phi) is 4.41. The average Bonchev–Trinajstić information content (AvgIpc) is 2.53. The first-order valence-corrected chi connectivity index (χ1v) is 6.49. The van der Waals surface area contributed by atoms with Gasteiger partial charge in [0.25, 0.3) is 5.69 Å². The minimum absolute atomic E-state index is 0.0602. The lowest BCUT2D eigenvalue weighted by Gasteiger charge is -2.13. The van der Waals surface area contributed by atoms with E-state index in [0.29, 0.717) is 28.2 Å². The summed E-state index contributed by atoms with van der Waals surface area (Å²) in [5.74, 6) is 0.738. The molecule has 0 radical (unpaired) electrons. The molecular formula is C16H15NO5. The number of ketones is 1. The average molecular weight is 301 g/mol. The molecule has 0 saturated heterocycles. The van der Waals surface area contributed by atoms with Crippen LogP contribution < -0.4 is 9.47 Å². The highest BCUT2D eigenvalue weighted by atomic mass is 16.6. The molecule has 114 valence electrons. The van der Waals surface area contributed by atoms with Crippen molar-refractivity contribution in [3.05, 3.63) is 63.2 Å². The van der Waals surface area contributed by atoms with Crippen LogP contribution >= 0.6 is 0 Å². The third-order valence-electron chi connectivity index (χ3n) is 3.30. The van der Waals surface area contributed by atoms with Crippen LogP contribution in [0.25, 0.3) is 0 Å². The molecule has 0 N–H and O–H groups in total. The molecule has 0 fully saturated rings. The second-order valence-corrected chi connectivity index (χ2v) is 4.65. The van der Waals surface area contributed by atoms with Gasteiger partial charge < -0.3 is 9.47 Å². The minimum atomic E-state index is -0.506. The summed E-state index contributed by atoms with van der Waals surface area (Å²) in [6.07, 6.45) is 0. The lowest BCUT2D eigenvalue weighted by atomic mass is 9.97. The van der Waals surface area contributed by atoms with Gasteiger partial charge in [-0.25, -0.2) is 0 Å². The van der Waals surface area contributed by atoms with Crippen LogP contribution in [-0.2, 0) is 0 Å². The van der Waals surface area contributed by atoms with Gasteiger partial charge >= 0.3 is 0 Å². The molecular weight excluding hydrogens is 286 g/mol. The van der Waals surface area contributed by atoms with Crippen molar-refractivity contribution in [1.82, 2.24) is 0 Å². The van der Waals surface area contributed by atoms with E-state index >= 15 is 0 Å². The van der Waals surface area contributed by atoms with E-state index in [1.807, 2.05) is 0 Å². The maximum absolute atomic E-state index is 12.6. The third kappa shape index (κ3) is 2.90. The number of carbonyl (C=O) groups is 1. The summed E-state index contributed by atoms with van der Waals surface area (Å²) in [4.78, 5) is 22.8. The molecule has 22 heavy (non-hydrogen) atoms. The molecule has 0 bridgehead atoms. The zero-order valence-electron chi connectivity index (χ0n) is 12.5. The fourth-order valence-electron chi connectivity index (χ4n) is 2.17. The van der Waals surface area contributed by atoms with E-state index in [4.69, 9.17) is 9.47 Å². The van der Waals surface area contributed by atoms with Crippen LogP contribution in [0.2, 0.25) is 0 Å². The Morgan fingerprint density at radius 2 is 1.73 bits per heavy atom. The number of nitrogens with zero attached hydrogens (tertiary/aromatic N) is 1. The topological polar surface area (TPSA) is 78.7 Å². The number of ether oxygens (including phenoxy) is 2. The lowest BCUT2D eigenvalue weighted by Crippen LogP contribution is -2.07. The number of hydrogen-bond acceptors (Lipinski definition) is 5. The van der Waals surface area contributed by atoms with Crippen LogP contribution in [0.4, 0.5) is 5.69 Å². The smallest absolute Gasteiger partial charge is 0.269 e. The van der Waals surface area contributed by atoms with E-state index in [1.165, 1.54) is 38.5 Å². The fourth-order valence-corrected chi connectivity index (χ4v) is 2.17. The van der Waals surface area contributed by atoms with Gasteiger partial charge in [0.1, 0.15) is 11.5 Å². The minimum Gasteiger partial charge on any atom is -0.497 e. The highest BCUT2D eigenvalue weighted by molar-refractivity contribution is 6.11. The standard InChI is InChI=1S/C16H15NO5/c1-10-8-13(21-2)9-14(22-3)15(10)16(18)11-4-6-12(7-5-11)17(19)20/h4-9H,1-3H3. The monoisotopic (exact) mass is 301 g/mol. The molecule has 0 amide bonds. The van der Waals surface area contributed by atoms with Crippen LogP contribution in [0.3, 0.4) is 0 Å². The lowest BCUT2D eigenvalue weighted by molar-refractivity contribution is -0.384. The van der Waals surface area contributed by atoms with E-state index < -0.39 is 4.92 Å². The highest BCUT2D eigenvalue weighted by Crippen LogP contribution is 2.30. The zero-order valence-corrected chi connectivity index (χ0v) is 12.5. The van der Waals surface area contributed by atoms with Crippen molar-refractivity contribution in [2.75, 3.05) is 14.2 Å². The molecule has 0 spiro atoms. The molecule has 0 saturated carbocycles. The van der Waals surface area contributed by atoms with Gasteiger partial charge in [0, 0.05) is 23.8 Å². The number of carbonyl (C=O) groups excluding carboxylic acids is 1. The second kappa shape index (κ2) is 6.26. The van der Waals surface area contributed by atoms with Crippen LogP contribution in [0.15, 0.2) is 36.4 Å². The summed E-state index contributed by atoms with van der Waals surface area (Å²) in [6.45, 7) is 1.78. The molecule has 6 nitrogen and oxygen atoms in total. The van der Waals surface area contributed by atoms with Gasteiger partial charge in [0.05, 0.1) is 24.7 Å². The maximum atomic E-state index is 12.6. The first-order chi connectivity index (χ1) is 10.5. The van der Waals surface area contributed by atoms with Gasteiger partial charge in [0.2, 0.25) is 0 Å². The van der Waals surface area contributed by atoms with Crippen molar-refractivity contribution in [1.29, 1.82) is 0 Å². The quantitative estimate of drug-likeness (QED) is 0.481. The van der Waals surface area contributed by atoms with Crippen molar-refractivity contribution < 1.29 is 19.2 Å². The van der Waals surface area contributed by atoms with E-state index in [1.54, 1.807) is 19.1 Å². The Bertz CT molecular complexity index is 722. The number of methoxy groups -OCH3 is 2. The predicted molar refractivity (Wildman–Crippen MR) is 80.8 cm³/mol. The van der Waals surface area contributed by atoms with Gasteiger partial charge in [-0.05, 0) is 30.7 Å². The zero-order chi connectivity index (χ0) is 16.3. The molecule has 0 atom stereocenters. The molecule has 0 unspecified atom stereocenters. The summed E-state index contributed by atoms with van der Waals surface area (Å²) < 4.78 is 10.4. The fraction of sp³-hybridized carbons (Fsp3) is 0.188. The van der Waals surface area contributed by atoms with E-state index in [9.17, 15) is 14.9 Å². The molecule has 0 heterocycles. The van der Waals surface area contributed by atoms with Gasteiger partial charge in [-0.3, -0.25) is 14.9 Å². The Balaban J connectivity index is 2.46. The van der Waals surface area contributed by atoms with E-state index in [0.717, 1.165) is 0 Å². The number of benzene rings is 2. The SMILES string of the molecule is COc1cc(C)c(C(=O)c2ccc([N+](=O)[O-])cc2)c(OC)c1. The van der Waals surface area contributed by atoms with Gasteiger partial charge in [-0.2, -0.15) is 0 Å². The van der Waals surface area contributed by atoms with Gasteiger partial charge in [-0.15, -0.1) is 0 Å². The van der Waals surface area contributed by atoms with Crippen molar-refractivity contribution in [3.63, 3.8) is 0 Å². The van der Waals surface area contributed by atoms with E-state index in [-0.39, 0.29) is 11.5 Å². The first-order valence-electron chi connectivity index (χ1n) is 6.49. The summed E-state index contributed by atoms with van der Waals surface area (Å²) in [6, 6.07) is 8.84. The number of rotatable bonds is 5. The van der Waals surface area contributed by atoms with Crippen LogP contribution in [0.5, 0.6) is 11.5 Å². The number of hydrogen-bond donors (Lipinski definition) is 0. The Labute approximate surface area is 127 Å². The predicted octanol–water partition coefficient (Wildman–Crippen LogP) is 3.15. The van der Waals surface area contributed by atoms with Crippen molar-refractivity contribution >= 4 is 11.5 Å². The second-order valence-electron chi connectivity index (χ2n) is 4.65. The normalized spacial score (nSPS) is 10.1.